The molecule has 1 N–H and O–H groups in total. The molecule has 0 saturated carbocycles. The zero-order valence-electron chi connectivity index (χ0n) is 14.9. The van der Waals surface area contributed by atoms with E-state index < -0.39 is 0 Å². The maximum Gasteiger partial charge on any atom is 0.224 e. The number of nitrogens with one attached hydrogen (secondary N) is 1. The normalized spacial score (nSPS) is 10.1. The van der Waals surface area contributed by atoms with Crippen LogP contribution in [-0.2, 0) is 11.2 Å². The Balaban J connectivity index is 1.99. The summed E-state index contributed by atoms with van der Waals surface area (Å²) >= 11 is 0. The quantitative estimate of drug-likeness (QED) is 0.795. The first-order valence-corrected chi connectivity index (χ1v) is 7.84. The van der Waals surface area contributed by atoms with Gasteiger partial charge < -0.3 is 24.3 Å². The third-order valence-corrected chi connectivity index (χ3v) is 3.77. The molecule has 25 heavy (non-hydrogen) atoms. The summed E-state index contributed by atoms with van der Waals surface area (Å²) in [6.45, 7) is 0. The second-order valence-corrected chi connectivity index (χ2v) is 5.30. The lowest BCUT2D eigenvalue weighted by atomic mass is 10.1. The van der Waals surface area contributed by atoms with Crippen molar-refractivity contribution in [1.82, 2.24) is 0 Å². The Kier molecular flexibility index (Phi) is 6.51. The lowest BCUT2D eigenvalue weighted by Crippen LogP contribution is -2.13. The molecule has 6 nitrogen and oxygen atoms in total. The summed E-state index contributed by atoms with van der Waals surface area (Å²) in [5.74, 6) is 2.44. The van der Waals surface area contributed by atoms with Crippen molar-refractivity contribution in [3.8, 4) is 23.0 Å². The number of methoxy groups -OCH3 is 4. The fourth-order valence-corrected chi connectivity index (χ4v) is 2.41. The van der Waals surface area contributed by atoms with Crippen molar-refractivity contribution >= 4 is 11.6 Å². The third-order valence-electron chi connectivity index (χ3n) is 3.77. The molecule has 0 aliphatic carbocycles. The fraction of sp³-hybridized carbons (Fsp3) is 0.316. The Morgan fingerprint density at radius 1 is 0.840 bits per heavy atom. The summed E-state index contributed by atoms with van der Waals surface area (Å²) in [6, 6.07) is 10.9. The number of hydrogen-bond donors (Lipinski definition) is 1. The molecule has 2 rings (SSSR count). The summed E-state index contributed by atoms with van der Waals surface area (Å²) in [7, 11) is 6.31. The van der Waals surface area contributed by atoms with Crippen LogP contribution in [0.3, 0.4) is 0 Å². The van der Waals surface area contributed by atoms with Gasteiger partial charge in [-0.05, 0) is 36.2 Å². The minimum absolute atomic E-state index is 0.0988. The van der Waals surface area contributed by atoms with Gasteiger partial charge in [-0.3, -0.25) is 4.79 Å². The Bertz CT molecular complexity index is 730. The van der Waals surface area contributed by atoms with Gasteiger partial charge in [0, 0.05) is 12.5 Å². The predicted octanol–water partition coefficient (Wildman–Crippen LogP) is 3.29. The van der Waals surface area contributed by atoms with Gasteiger partial charge in [-0.15, -0.1) is 0 Å². The molecule has 0 fully saturated rings. The van der Waals surface area contributed by atoms with Gasteiger partial charge in [-0.25, -0.2) is 0 Å². The summed E-state index contributed by atoms with van der Waals surface area (Å²) in [5.41, 5.74) is 1.61. The lowest BCUT2D eigenvalue weighted by Gasteiger charge is -2.12. The van der Waals surface area contributed by atoms with Crippen molar-refractivity contribution < 1.29 is 23.7 Å². The van der Waals surface area contributed by atoms with Crippen molar-refractivity contribution in [1.29, 1.82) is 0 Å². The Morgan fingerprint density at radius 2 is 1.56 bits per heavy atom. The van der Waals surface area contributed by atoms with Crippen molar-refractivity contribution in [2.24, 2.45) is 0 Å². The van der Waals surface area contributed by atoms with E-state index in [4.69, 9.17) is 18.9 Å². The Hall–Kier alpha value is -2.89. The van der Waals surface area contributed by atoms with Crippen LogP contribution < -0.4 is 24.3 Å². The highest BCUT2D eigenvalue weighted by molar-refractivity contribution is 5.92. The topological polar surface area (TPSA) is 66.0 Å². The molecule has 0 atom stereocenters. The molecule has 0 aliphatic rings. The van der Waals surface area contributed by atoms with E-state index in [0.29, 0.717) is 41.5 Å². The van der Waals surface area contributed by atoms with Gasteiger partial charge in [-0.1, -0.05) is 6.07 Å². The first-order chi connectivity index (χ1) is 12.1. The van der Waals surface area contributed by atoms with Crippen LogP contribution in [0.4, 0.5) is 5.69 Å². The second kappa shape index (κ2) is 8.82. The first-order valence-electron chi connectivity index (χ1n) is 7.84. The molecule has 0 heterocycles. The number of hydrogen-bond acceptors (Lipinski definition) is 5. The number of rotatable bonds is 8. The van der Waals surface area contributed by atoms with Crippen LogP contribution in [0.15, 0.2) is 36.4 Å². The summed E-state index contributed by atoms with van der Waals surface area (Å²) in [4.78, 5) is 12.2. The van der Waals surface area contributed by atoms with Gasteiger partial charge in [0.1, 0.15) is 11.5 Å². The summed E-state index contributed by atoms with van der Waals surface area (Å²) in [5, 5.41) is 2.86. The first kappa shape index (κ1) is 18.4. The minimum atomic E-state index is -0.0988. The van der Waals surface area contributed by atoms with Gasteiger partial charge in [0.05, 0.1) is 34.1 Å². The number of ether oxygens (including phenoxy) is 4. The standard InChI is InChI=1S/C19H23NO5/c1-22-14-7-8-15(17(12-14)24-3)20-19(21)10-6-13-5-9-16(23-2)18(11-13)25-4/h5,7-9,11-12H,6,10H2,1-4H3,(H,20,21). The van der Waals surface area contributed by atoms with E-state index in [1.54, 1.807) is 46.6 Å². The van der Waals surface area contributed by atoms with Crippen LogP contribution in [-0.4, -0.2) is 34.3 Å². The zero-order chi connectivity index (χ0) is 18.2. The minimum Gasteiger partial charge on any atom is -0.497 e. The number of amides is 1. The maximum absolute atomic E-state index is 12.2. The van der Waals surface area contributed by atoms with Gasteiger partial charge in [0.2, 0.25) is 5.91 Å². The van der Waals surface area contributed by atoms with Crippen LogP contribution in [0.25, 0.3) is 0 Å². The molecule has 0 spiro atoms. The van der Waals surface area contributed by atoms with E-state index >= 15 is 0 Å². The lowest BCUT2D eigenvalue weighted by molar-refractivity contribution is -0.116. The van der Waals surface area contributed by atoms with Gasteiger partial charge >= 0.3 is 0 Å². The molecular formula is C19H23NO5. The van der Waals surface area contributed by atoms with Crippen LogP contribution in [0.2, 0.25) is 0 Å². The largest absolute Gasteiger partial charge is 0.497 e. The van der Waals surface area contributed by atoms with E-state index in [9.17, 15) is 4.79 Å². The van der Waals surface area contributed by atoms with Crippen molar-refractivity contribution in [2.75, 3.05) is 33.8 Å². The SMILES string of the molecule is COc1ccc(NC(=O)CCc2ccc(OC)c(OC)c2)c(OC)c1. The molecular weight excluding hydrogens is 322 g/mol. The average Bonchev–Trinajstić information content (AvgIpc) is 2.66. The van der Waals surface area contributed by atoms with Gasteiger partial charge in [0.15, 0.2) is 11.5 Å². The number of carbonyl (C=O) groups excluding carboxylic acids is 1. The highest BCUT2D eigenvalue weighted by Crippen LogP contribution is 2.30. The highest BCUT2D eigenvalue weighted by atomic mass is 16.5. The van der Waals surface area contributed by atoms with Gasteiger partial charge in [0.25, 0.3) is 0 Å². The molecule has 0 bridgehead atoms. The van der Waals surface area contributed by atoms with Crippen molar-refractivity contribution in [2.45, 2.75) is 12.8 Å². The van der Waals surface area contributed by atoms with E-state index in [1.165, 1.54) is 0 Å². The van der Waals surface area contributed by atoms with E-state index in [0.717, 1.165) is 5.56 Å². The van der Waals surface area contributed by atoms with E-state index in [1.807, 2.05) is 18.2 Å². The van der Waals surface area contributed by atoms with Crippen LogP contribution in [0.5, 0.6) is 23.0 Å². The monoisotopic (exact) mass is 345 g/mol. The molecule has 2 aromatic carbocycles. The molecule has 1 amide bonds. The van der Waals surface area contributed by atoms with Crippen LogP contribution >= 0.6 is 0 Å². The van der Waals surface area contributed by atoms with Crippen molar-refractivity contribution in [3.63, 3.8) is 0 Å². The molecule has 2 aromatic rings. The summed E-state index contributed by atoms with van der Waals surface area (Å²) < 4.78 is 20.9. The highest BCUT2D eigenvalue weighted by Gasteiger charge is 2.10. The maximum atomic E-state index is 12.2. The fourth-order valence-electron chi connectivity index (χ4n) is 2.41. The van der Waals surface area contributed by atoms with Crippen LogP contribution in [0.1, 0.15) is 12.0 Å². The average molecular weight is 345 g/mol. The smallest absolute Gasteiger partial charge is 0.224 e. The molecule has 0 saturated heterocycles. The Labute approximate surface area is 147 Å². The molecule has 0 aliphatic heterocycles. The van der Waals surface area contributed by atoms with Gasteiger partial charge in [-0.2, -0.15) is 0 Å². The Morgan fingerprint density at radius 3 is 2.20 bits per heavy atom. The number of carbonyl (C=O) groups is 1. The summed E-state index contributed by atoms with van der Waals surface area (Å²) in [6.07, 6.45) is 0.926. The molecule has 0 aromatic heterocycles. The number of anilines is 1. The number of aryl methyl sites for hydroxylation is 1. The molecule has 134 valence electrons. The predicted molar refractivity (Wildman–Crippen MR) is 96.0 cm³/mol. The molecule has 6 heteroatoms. The number of benzene rings is 2. The van der Waals surface area contributed by atoms with Crippen molar-refractivity contribution in [3.05, 3.63) is 42.0 Å². The van der Waals surface area contributed by atoms with E-state index in [-0.39, 0.29) is 5.91 Å². The molecule has 0 radical (unpaired) electrons. The second-order valence-electron chi connectivity index (χ2n) is 5.30. The zero-order valence-corrected chi connectivity index (χ0v) is 14.9. The third kappa shape index (κ3) is 4.79. The molecule has 0 unspecified atom stereocenters. The van der Waals surface area contributed by atoms with Crippen LogP contribution in [0, 0.1) is 0 Å². The van der Waals surface area contributed by atoms with E-state index in [2.05, 4.69) is 5.32 Å².